The van der Waals surface area contributed by atoms with Crippen LogP contribution in [-0.2, 0) is 5.41 Å². The van der Waals surface area contributed by atoms with Crippen LogP contribution in [0.15, 0.2) is 78.9 Å². The highest BCUT2D eigenvalue weighted by molar-refractivity contribution is 6.28. The van der Waals surface area contributed by atoms with Crippen LogP contribution in [0.4, 0.5) is 22.7 Å². The first-order valence-electron chi connectivity index (χ1n) is 13.5. The summed E-state index contributed by atoms with van der Waals surface area (Å²) in [5.41, 5.74) is 11.0. The molecule has 0 aromatic heterocycles. The van der Waals surface area contributed by atoms with Crippen molar-refractivity contribution < 1.29 is 0 Å². The van der Waals surface area contributed by atoms with Gasteiger partial charge in [0.1, 0.15) is 0 Å². The van der Waals surface area contributed by atoms with E-state index < -0.39 is 0 Å². The number of benzene rings is 6. The van der Waals surface area contributed by atoms with Gasteiger partial charge in [0.05, 0.1) is 0 Å². The fourth-order valence-electron chi connectivity index (χ4n) is 5.75. The van der Waals surface area contributed by atoms with Crippen LogP contribution in [0.3, 0.4) is 0 Å². The lowest BCUT2D eigenvalue weighted by Crippen LogP contribution is -2.10. The molecule has 0 fully saturated rings. The largest absolute Gasteiger partial charge is 0.355 e. The third-order valence-corrected chi connectivity index (χ3v) is 7.88. The predicted molar refractivity (Wildman–Crippen MR) is 167 cm³/mol. The minimum absolute atomic E-state index is 0.0931. The Kier molecular flexibility index (Phi) is 5.61. The van der Waals surface area contributed by atoms with Crippen molar-refractivity contribution in [2.24, 2.45) is 0 Å². The molecule has 2 heteroatoms. The van der Waals surface area contributed by atoms with Crippen LogP contribution in [0, 0.1) is 27.7 Å². The second-order valence-electron chi connectivity index (χ2n) is 12.0. The van der Waals surface area contributed by atoms with Crippen LogP contribution in [0.5, 0.6) is 0 Å². The predicted octanol–water partition coefficient (Wildman–Crippen LogP) is 10.6. The highest BCUT2D eigenvalue weighted by Crippen LogP contribution is 2.44. The summed E-state index contributed by atoms with van der Waals surface area (Å²) in [5.74, 6) is 0. The fraction of sp³-hybridized carbons (Fsp3) is 0.222. The van der Waals surface area contributed by atoms with Crippen LogP contribution >= 0.6 is 0 Å². The summed E-state index contributed by atoms with van der Waals surface area (Å²) >= 11 is 0. The molecule has 0 saturated heterocycles. The molecule has 190 valence electrons. The molecule has 0 aliphatic heterocycles. The van der Waals surface area contributed by atoms with Gasteiger partial charge in [0.15, 0.2) is 0 Å². The minimum atomic E-state index is 0.0931. The van der Waals surface area contributed by atoms with Gasteiger partial charge in [0, 0.05) is 38.9 Å². The molecule has 0 aliphatic carbocycles. The standard InChI is InChI=1S/C36H36N2/c1-21-8-14-30(23(3)16-21)37-32-20-33(38-31-15-9-22(2)17-24(31)4)29-13-11-26-19-27(36(5,6)7)18-25-10-12-28(32)35(29)34(25)26/h8-20,37-38H,1-7H3. The highest BCUT2D eigenvalue weighted by atomic mass is 14.9. The van der Waals surface area contributed by atoms with E-state index in [1.54, 1.807) is 0 Å². The molecule has 6 aromatic carbocycles. The molecule has 0 radical (unpaired) electrons. The molecule has 2 nitrogen and oxygen atoms in total. The van der Waals surface area contributed by atoms with Crippen LogP contribution in [-0.4, -0.2) is 0 Å². The van der Waals surface area contributed by atoms with Gasteiger partial charge in [-0.25, -0.2) is 0 Å². The van der Waals surface area contributed by atoms with Crippen molar-refractivity contribution in [2.45, 2.75) is 53.9 Å². The third-order valence-electron chi connectivity index (χ3n) is 7.88. The Hall–Kier alpha value is -4.04. The average molecular weight is 497 g/mol. The van der Waals surface area contributed by atoms with E-state index >= 15 is 0 Å². The molecule has 38 heavy (non-hydrogen) atoms. The molecular formula is C36H36N2. The molecule has 0 aliphatic rings. The van der Waals surface area contributed by atoms with Gasteiger partial charge >= 0.3 is 0 Å². The van der Waals surface area contributed by atoms with Crippen molar-refractivity contribution in [1.29, 1.82) is 0 Å². The Bertz CT molecular complexity index is 1710. The molecule has 2 N–H and O–H groups in total. The Balaban J connectivity index is 1.64. The Morgan fingerprint density at radius 2 is 0.947 bits per heavy atom. The van der Waals surface area contributed by atoms with Crippen molar-refractivity contribution in [1.82, 2.24) is 0 Å². The van der Waals surface area contributed by atoms with Gasteiger partial charge < -0.3 is 10.6 Å². The van der Waals surface area contributed by atoms with E-state index in [0.717, 1.165) is 22.7 Å². The van der Waals surface area contributed by atoms with Gasteiger partial charge in [0.2, 0.25) is 0 Å². The summed E-state index contributed by atoms with van der Waals surface area (Å²) in [5, 5.41) is 15.3. The number of anilines is 4. The van der Waals surface area contributed by atoms with Crippen LogP contribution < -0.4 is 10.6 Å². The Morgan fingerprint density at radius 3 is 1.37 bits per heavy atom. The van der Waals surface area contributed by atoms with Gasteiger partial charge in [-0.15, -0.1) is 0 Å². The molecule has 0 spiro atoms. The molecule has 0 amide bonds. The molecule has 0 unspecified atom stereocenters. The number of aryl methyl sites for hydroxylation is 4. The van der Waals surface area contributed by atoms with Crippen molar-refractivity contribution in [3.8, 4) is 0 Å². The first-order chi connectivity index (χ1) is 18.1. The monoisotopic (exact) mass is 496 g/mol. The lowest BCUT2D eigenvalue weighted by molar-refractivity contribution is 0.591. The van der Waals surface area contributed by atoms with E-state index in [2.05, 4.69) is 138 Å². The topological polar surface area (TPSA) is 24.1 Å². The number of hydrogen-bond acceptors (Lipinski definition) is 2. The smallest absolute Gasteiger partial charge is 0.0485 e. The van der Waals surface area contributed by atoms with E-state index in [1.165, 1.54) is 60.1 Å². The van der Waals surface area contributed by atoms with E-state index in [0.29, 0.717) is 0 Å². The molecule has 0 heterocycles. The maximum Gasteiger partial charge on any atom is 0.0485 e. The molecular weight excluding hydrogens is 460 g/mol. The summed E-state index contributed by atoms with van der Waals surface area (Å²) in [6.45, 7) is 15.5. The van der Waals surface area contributed by atoms with Crippen molar-refractivity contribution >= 4 is 55.1 Å². The second-order valence-corrected chi connectivity index (χ2v) is 12.0. The lowest BCUT2D eigenvalue weighted by Gasteiger charge is -2.23. The van der Waals surface area contributed by atoms with Crippen molar-refractivity contribution in [2.75, 3.05) is 10.6 Å². The zero-order valence-electron chi connectivity index (χ0n) is 23.5. The minimum Gasteiger partial charge on any atom is -0.355 e. The van der Waals surface area contributed by atoms with Crippen LogP contribution in [0.2, 0.25) is 0 Å². The Labute approximate surface area is 226 Å². The van der Waals surface area contributed by atoms with Crippen molar-refractivity contribution in [3.63, 3.8) is 0 Å². The number of hydrogen-bond donors (Lipinski definition) is 2. The lowest BCUT2D eigenvalue weighted by atomic mass is 9.83. The second kappa shape index (κ2) is 8.77. The molecule has 0 bridgehead atoms. The normalized spacial score (nSPS) is 12.1. The van der Waals surface area contributed by atoms with Crippen LogP contribution in [0.1, 0.15) is 48.6 Å². The summed E-state index contributed by atoms with van der Waals surface area (Å²) in [4.78, 5) is 0. The van der Waals surface area contributed by atoms with Gasteiger partial charge in [-0.1, -0.05) is 92.6 Å². The quantitative estimate of drug-likeness (QED) is 0.237. The maximum absolute atomic E-state index is 3.80. The first-order valence-corrected chi connectivity index (χ1v) is 13.5. The summed E-state index contributed by atoms with van der Waals surface area (Å²) in [7, 11) is 0. The maximum atomic E-state index is 3.80. The van der Waals surface area contributed by atoms with Gasteiger partial charge in [-0.2, -0.15) is 0 Å². The summed E-state index contributed by atoms with van der Waals surface area (Å²) in [6, 6.07) is 29.4. The summed E-state index contributed by atoms with van der Waals surface area (Å²) < 4.78 is 0. The molecule has 6 aromatic rings. The zero-order valence-corrected chi connectivity index (χ0v) is 23.5. The van der Waals surface area contributed by atoms with Crippen LogP contribution in [0.25, 0.3) is 32.3 Å². The van der Waals surface area contributed by atoms with Gasteiger partial charge in [-0.3, -0.25) is 0 Å². The molecule has 0 atom stereocenters. The van der Waals surface area contributed by atoms with E-state index in [4.69, 9.17) is 0 Å². The molecule has 6 rings (SSSR count). The third kappa shape index (κ3) is 4.15. The fourth-order valence-corrected chi connectivity index (χ4v) is 5.75. The number of nitrogens with one attached hydrogen (secondary N) is 2. The number of rotatable bonds is 4. The highest BCUT2D eigenvalue weighted by Gasteiger charge is 2.19. The van der Waals surface area contributed by atoms with Gasteiger partial charge in [0.25, 0.3) is 0 Å². The van der Waals surface area contributed by atoms with Gasteiger partial charge in [-0.05, 0) is 84.2 Å². The van der Waals surface area contributed by atoms with E-state index in [1.807, 2.05) is 0 Å². The Morgan fingerprint density at radius 1 is 0.474 bits per heavy atom. The first kappa shape index (κ1) is 24.3. The van der Waals surface area contributed by atoms with E-state index in [-0.39, 0.29) is 5.41 Å². The average Bonchev–Trinajstić information content (AvgIpc) is 2.86. The summed E-state index contributed by atoms with van der Waals surface area (Å²) in [6.07, 6.45) is 0. The zero-order chi connectivity index (χ0) is 26.8. The van der Waals surface area contributed by atoms with Crippen molar-refractivity contribution in [3.05, 3.63) is 107 Å². The molecule has 0 saturated carbocycles. The SMILES string of the molecule is Cc1ccc(Nc2cc(Nc3ccc(C)cc3C)c3ccc4cc(C(C)(C)C)cc5ccc2c3c54)c(C)c1. The van der Waals surface area contributed by atoms with E-state index in [9.17, 15) is 0 Å².